The summed E-state index contributed by atoms with van der Waals surface area (Å²) in [5.74, 6) is -5.90. The highest BCUT2D eigenvalue weighted by Crippen LogP contribution is 2.29. The van der Waals surface area contributed by atoms with Crippen molar-refractivity contribution in [2.24, 2.45) is 0 Å². The van der Waals surface area contributed by atoms with Gasteiger partial charge >= 0.3 is 0 Å². The third kappa shape index (κ3) is 6.07. The lowest BCUT2D eigenvalue weighted by Crippen LogP contribution is -1.95. The van der Waals surface area contributed by atoms with E-state index in [1.165, 1.54) is 12.1 Å². The van der Waals surface area contributed by atoms with Crippen LogP contribution in [0.5, 0.6) is 5.75 Å². The molecular weight excluding hydrogens is 461 g/mol. The van der Waals surface area contributed by atoms with Crippen LogP contribution in [-0.4, -0.2) is 6.43 Å². The molecule has 0 amide bonds. The molecule has 8 heteroatoms. The molecule has 0 aliphatic carbocycles. The highest BCUT2D eigenvalue weighted by atomic mass is 19.3. The van der Waals surface area contributed by atoms with Crippen LogP contribution in [0, 0.1) is 29.1 Å². The lowest BCUT2D eigenvalue weighted by Gasteiger charge is -2.09. The predicted molar refractivity (Wildman–Crippen MR) is 117 cm³/mol. The highest BCUT2D eigenvalue weighted by molar-refractivity contribution is 5.73. The van der Waals surface area contributed by atoms with Crippen LogP contribution in [0.25, 0.3) is 23.3 Å². The summed E-state index contributed by atoms with van der Waals surface area (Å²) >= 11 is 0. The largest absolute Gasteiger partial charge is 0.459 e. The van der Waals surface area contributed by atoms with Crippen LogP contribution in [0.2, 0.25) is 0 Å². The van der Waals surface area contributed by atoms with Gasteiger partial charge in [0.1, 0.15) is 17.5 Å². The van der Waals surface area contributed by atoms with E-state index in [0.717, 1.165) is 48.4 Å². The first kappa shape index (κ1) is 25.1. The van der Waals surface area contributed by atoms with Crippen LogP contribution >= 0.6 is 0 Å². The molecule has 0 bridgehead atoms. The fraction of sp³-hybridized carbons (Fsp3) is 0.154. The second-order valence-electron chi connectivity index (χ2n) is 7.35. The fourth-order valence-electron chi connectivity index (χ4n) is 3.27. The first-order valence-corrected chi connectivity index (χ1v) is 10.3. The Kier molecular flexibility index (Phi) is 8.15. The lowest BCUT2D eigenvalue weighted by molar-refractivity contribution is 0.200. The number of rotatable bonds is 8. The second-order valence-corrected chi connectivity index (χ2v) is 7.35. The van der Waals surface area contributed by atoms with Gasteiger partial charge in [-0.1, -0.05) is 31.6 Å². The average molecular weight is 480 g/mol. The van der Waals surface area contributed by atoms with E-state index in [1.807, 2.05) is 6.92 Å². The molecule has 3 aromatic carbocycles. The maximum absolute atomic E-state index is 14.6. The third-order valence-corrected chi connectivity index (χ3v) is 4.84. The molecule has 1 nitrogen and oxygen atoms in total. The molecule has 0 spiro atoms. The summed E-state index contributed by atoms with van der Waals surface area (Å²) in [5, 5.41) is 0. The lowest BCUT2D eigenvalue weighted by atomic mass is 9.99. The van der Waals surface area contributed by atoms with Crippen LogP contribution in [-0.2, 0) is 6.42 Å². The Morgan fingerprint density at radius 2 is 1.44 bits per heavy atom. The quantitative estimate of drug-likeness (QED) is 0.179. The van der Waals surface area contributed by atoms with E-state index < -0.39 is 46.8 Å². The molecule has 0 aromatic heterocycles. The summed E-state index contributed by atoms with van der Waals surface area (Å²) in [7, 11) is 0. The number of aryl methyl sites for hydroxylation is 1. The highest BCUT2D eigenvalue weighted by Gasteiger charge is 2.15. The minimum absolute atomic E-state index is 0.00291. The molecule has 34 heavy (non-hydrogen) atoms. The molecule has 0 saturated carbocycles. The predicted octanol–water partition coefficient (Wildman–Crippen LogP) is 8.33. The van der Waals surface area contributed by atoms with Gasteiger partial charge in [-0.2, -0.15) is 0 Å². The summed E-state index contributed by atoms with van der Waals surface area (Å²) in [4.78, 5) is 0. The Hall–Kier alpha value is -3.55. The van der Waals surface area contributed by atoms with Gasteiger partial charge in [0.25, 0.3) is 6.43 Å². The van der Waals surface area contributed by atoms with E-state index in [4.69, 9.17) is 0 Å². The maximum Gasteiger partial charge on any atom is 0.260 e. The molecule has 0 radical (unpaired) electrons. The SMILES string of the molecule is CCCc1ccc(-c2cc(F)c(C=Cc3cc(F)c(OC=CC(F)F)c(F)c3)c(F)c2)c(F)c1. The summed E-state index contributed by atoms with van der Waals surface area (Å²) in [5.41, 5.74) is 0.218. The van der Waals surface area contributed by atoms with Crippen molar-refractivity contribution < 1.29 is 35.5 Å². The summed E-state index contributed by atoms with van der Waals surface area (Å²) in [6.07, 6.45) is 1.42. The van der Waals surface area contributed by atoms with Crippen molar-refractivity contribution in [1.82, 2.24) is 0 Å². The van der Waals surface area contributed by atoms with E-state index in [0.29, 0.717) is 18.8 Å². The van der Waals surface area contributed by atoms with Crippen LogP contribution in [0.15, 0.2) is 54.8 Å². The molecule has 0 atom stereocenters. The number of hydrogen-bond acceptors (Lipinski definition) is 1. The standard InChI is InChI=1S/C26H19F7O/c1-2-3-15-4-6-18(20(27)10-15)17-13-21(28)19(22(29)14-17)7-5-16-11-23(30)26(24(31)12-16)34-9-8-25(32)33/h4-14,25H,2-3H2,1H3. The van der Waals surface area contributed by atoms with Crippen molar-refractivity contribution >= 4 is 12.2 Å². The Bertz CT molecular complexity index is 1190. The van der Waals surface area contributed by atoms with Crippen LogP contribution < -0.4 is 4.74 Å². The zero-order valence-corrected chi connectivity index (χ0v) is 17.9. The smallest absolute Gasteiger partial charge is 0.260 e. The normalized spacial score (nSPS) is 11.8. The number of hydrogen-bond donors (Lipinski definition) is 0. The number of benzene rings is 3. The minimum Gasteiger partial charge on any atom is -0.459 e. The Balaban J connectivity index is 1.86. The Labute approximate surface area is 191 Å². The zero-order valence-electron chi connectivity index (χ0n) is 17.9. The van der Waals surface area contributed by atoms with Crippen LogP contribution in [0.3, 0.4) is 0 Å². The zero-order chi connectivity index (χ0) is 24.8. The molecule has 3 aromatic rings. The molecule has 0 aliphatic heterocycles. The molecule has 0 aliphatic rings. The van der Waals surface area contributed by atoms with Gasteiger partial charge in [-0.05, 0) is 59.5 Å². The summed E-state index contributed by atoms with van der Waals surface area (Å²) < 4.78 is 100. The van der Waals surface area contributed by atoms with Gasteiger partial charge in [0.2, 0.25) is 0 Å². The van der Waals surface area contributed by atoms with Gasteiger partial charge in [-0.3, -0.25) is 0 Å². The average Bonchev–Trinajstić information content (AvgIpc) is 2.75. The maximum atomic E-state index is 14.6. The first-order valence-electron chi connectivity index (χ1n) is 10.3. The number of alkyl halides is 2. The van der Waals surface area contributed by atoms with Gasteiger partial charge in [0.15, 0.2) is 17.4 Å². The van der Waals surface area contributed by atoms with Gasteiger partial charge < -0.3 is 4.74 Å². The van der Waals surface area contributed by atoms with Crippen LogP contribution in [0.4, 0.5) is 30.7 Å². The van der Waals surface area contributed by atoms with Crippen molar-refractivity contribution in [2.75, 3.05) is 0 Å². The van der Waals surface area contributed by atoms with E-state index in [-0.39, 0.29) is 16.7 Å². The molecule has 178 valence electrons. The molecule has 3 rings (SSSR count). The molecule has 0 N–H and O–H groups in total. The van der Waals surface area contributed by atoms with Crippen molar-refractivity contribution in [3.63, 3.8) is 0 Å². The molecular formula is C26H19F7O. The monoisotopic (exact) mass is 480 g/mol. The van der Waals surface area contributed by atoms with E-state index in [2.05, 4.69) is 4.74 Å². The topological polar surface area (TPSA) is 9.23 Å². The van der Waals surface area contributed by atoms with Crippen molar-refractivity contribution in [3.05, 3.63) is 101 Å². The first-order chi connectivity index (χ1) is 16.2. The van der Waals surface area contributed by atoms with Gasteiger partial charge in [0.05, 0.1) is 6.26 Å². The summed E-state index contributed by atoms with van der Waals surface area (Å²) in [6.45, 7) is 1.95. The molecule has 0 fully saturated rings. The van der Waals surface area contributed by atoms with Gasteiger partial charge in [0, 0.05) is 17.2 Å². The minimum atomic E-state index is -2.86. The number of ether oxygens (including phenoxy) is 1. The molecule has 0 heterocycles. The van der Waals surface area contributed by atoms with E-state index in [9.17, 15) is 30.7 Å². The van der Waals surface area contributed by atoms with Crippen molar-refractivity contribution in [2.45, 2.75) is 26.2 Å². The molecule has 0 unspecified atom stereocenters. The number of allylic oxidation sites excluding steroid dienone is 1. The second kappa shape index (κ2) is 11.0. The third-order valence-electron chi connectivity index (χ3n) is 4.84. The van der Waals surface area contributed by atoms with Crippen LogP contribution in [0.1, 0.15) is 30.0 Å². The van der Waals surface area contributed by atoms with Crippen molar-refractivity contribution in [1.29, 1.82) is 0 Å². The van der Waals surface area contributed by atoms with Gasteiger partial charge in [-0.15, -0.1) is 0 Å². The van der Waals surface area contributed by atoms with Crippen molar-refractivity contribution in [3.8, 4) is 16.9 Å². The van der Waals surface area contributed by atoms with E-state index >= 15 is 0 Å². The Morgan fingerprint density at radius 3 is 2.00 bits per heavy atom. The molecule has 0 saturated heterocycles. The van der Waals surface area contributed by atoms with Gasteiger partial charge in [-0.25, -0.2) is 30.7 Å². The number of halogens is 7. The van der Waals surface area contributed by atoms with E-state index in [1.54, 1.807) is 6.07 Å². The summed E-state index contributed by atoms with van der Waals surface area (Å²) in [6, 6.07) is 8.01. The fourth-order valence-corrected chi connectivity index (χ4v) is 3.27. The Morgan fingerprint density at radius 1 is 0.794 bits per heavy atom.